The van der Waals surface area contributed by atoms with Gasteiger partial charge in [0.2, 0.25) is 0 Å². The third-order valence-corrected chi connectivity index (χ3v) is 7.64. The van der Waals surface area contributed by atoms with Crippen LogP contribution in [0.5, 0.6) is 5.75 Å². The van der Waals surface area contributed by atoms with E-state index in [0.717, 1.165) is 44.2 Å². The standard InChI is InChI=1S/C28H25N5O2S2/c1-18-7-11-21(12-8-18)29-27(34)24-16-36-25(30-24)17-37-28-32-31-26(20-5-4-6-23(15-20)35-3)33(28)22-13-9-19(2)10-14-22/h4-16H,17H2,1-3H3,(H,29,34). The van der Waals surface area contributed by atoms with Crippen molar-refractivity contribution in [2.45, 2.75) is 24.8 Å². The predicted molar refractivity (Wildman–Crippen MR) is 149 cm³/mol. The molecule has 0 aliphatic rings. The number of rotatable bonds is 8. The van der Waals surface area contributed by atoms with Crippen molar-refractivity contribution in [1.29, 1.82) is 0 Å². The Morgan fingerprint density at radius 2 is 1.73 bits per heavy atom. The Kier molecular flexibility index (Phi) is 7.34. The van der Waals surface area contributed by atoms with Crippen molar-refractivity contribution in [1.82, 2.24) is 19.7 Å². The molecule has 7 nitrogen and oxygen atoms in total. The molecule has 0 spiro atoms. The molecule has 0 atom stereocenters. The van der Waals surface area contributed by atoms with Gasteiger partial charge in [-0.25, -0.2) is 4.98 Å². The number of hydrogen-bond acceptors (Lipinski definition) is 7. The van der Waals surface area contributed by atoms with Crippen LogP contribution in [0.1, 0.15) is 26.6 Å². The van der Waals surface area contributed by atoms with Crippen LogP contribution in [0.4, 0.5) is 5.69 Å². The lowest BCUT2D eigenvalue weighted by atomic mass is 10.2. The molecule has 0 unspecified atom stereocenters. The number of hydrogen-bond donors (Lipinski definition) is 1. The van der Waals surface area contributed by atoms with E-state index in [1.165, 1.54) is 28.7 Å². The summed E-state index contributed by atoms with van der Waals surface area (Å²) in [6.45, 7) is 4.07. The zero-order chi connectivity index (χ0) is 25.8. The number of thioether (sulfide) groups is 1. The summed E-state index contributed by atoms with van der Waals surface area (Å²) < 4.78 is 7.45. The summed E-state index contributed by atoms with van der Waals surface area (Å²) in [4.78, 5) is 17.2. The first-order chi connectivity index (χ1) is 18.0. The number of anilines is 1. The van der Waals surface area contributed by atoms with Crippen LogP contribution in [0.3, 0.4) is 0 Å². The molecular formula is C28H25N5O2S2. The van der Waals surface area contributed by atoms with E-state index >= 15 is 0 Å². The number of carbonyl (C=O) groups is 1. The number of ether oxygens (including phenoxy) is 1. The summed E-state index contributed by atoms with van der Waals surface area (Å²) in [5, 5.41) is 15.3. The Balaban J connectivity index is 1.37. The molecule has 0 saturated carbocycles. The quantitative estimate of drug-likeness (QED) is 0.230. The Labute approximate surface area is 223 Å². The zero-order valence-electron chi connectivity index (χ0n) is 20.6. The maximum absolute atomic E-state index is 12.7. The molecule has 0 fully saturated rings. The van der Waals surface area contributed by atoms with Crippen LogP contribution in [0.2, 0.25) is 0 Å². The van der Waals surface area contributed by atoms with Crippen LogP contribution in [0.15, 0.2) is 83.3 Å². The molecule has 5 rings (SSSR count). The van der Waals surface area contributed by atoms with Gasteiger partial charge in [0, 0.05) is 22.3 Å². The van der Waals surface area contributed by atoms with Gasteiger partial charge in [-0.1, -0.05) is 59.3 Å². The smallest absolute Gasteiger partial charge is 0.275 e. The average molecular weight is 528 g/mol. The highest BCUT2D eigenvalue weighted by molar-refractivity contribution is 7.98. The molecule has 1 N–H and O–H groups in total. The van der Waals surface area contributed by atoms with Crippen LogP contribution in [0, 0.1) is 13.8 Å². The Morgan fingerprint density at radius 3 is 2.46 bits per heavy atom. The highest BCUT2D eigenvalue weighted by Gasteiger charge is 2.18. The lowest BCUT2D eigenvalue weighted by Gasteiger charge is -2.11. The molecule has 2 heterocycles. The van der Waals surface area contributed by atoms with Crippen molar-refractivity contribution < 1.29 is 9.53 Å². The molecule has 5 aromatic rings. The highest BCUT2D eigenvalue weighted by atomic mass is 32.2. The Morgan fingerprint density at radius 1 is 1.00 bits per heavy atom. The number of carbonyl (C=O) groups excluding carboxylic acids is 1. The van der Waals surface area contributed by atoms with Crippen molar-refractivity contribution in [2.24, 2.45) is 0 Å². The van der Waals surface area contributed by atoms with E-state index in [1.807, 2.05) is 60.0 Å². The number of amides is 1. The number of aryl methyl sites for hydroxylation is 2. The summed E-state index contributed by atoms with van der Waals surface area (Å²) in [5.74, 6) is 1.82. The SMILES string of the molecule is COc1cccc(-c2nnc(SCc3nc(C(=O)Nc4ccc(C)cc4)cs3)n2-c2ccc(C)cc2)c1. The second kappa shape index (κ2) is 11.0. The van der Waals surface area contributed by atoms with Crippen molar-refractivity contribution in [3.05, 3.63) is 100 Å². The molecule has 9 heteroatoms. The zero-order valence-corrected chi connectivity index (χ0v) is 22.3. The molecule has 3 aromatic carbocycles. The second-order valence-corrected chi connectivity index (χ2v) is 10.3. The van der Waals surface area contributed by atoms with E-state index in [0.29, 0.717) is 11.4 Å². The van der Waals surface area contributed by atoms with Gasteiger partial charge in [-0.05, 0) is 50.2 Å². The van der Waals surface area contributed by atoms with Gasteiger partial charge in [-0.2, -0.15) is 0 Å². The monoisotopic (exact) mass is 527 g/mol. The summed E-state index contributed by atoms with van der Waals surface area (Å²) in [5.41, 5.74) is 5.33. The number of nitrogens with one attached hydrogen (secondary N) is 1. The fourth-order valence-electron chi connectivity index (χ4n) is 3.68. The third-order valence-electron chi connectivity index (χ3n) is 5.67. The molecular weight excluding hydrogens is 502 g/mol. The summed E-state index contributed by atoms with van der Waals surface area (Å²) in [7, 11) is 1.65. The fourth-order valence-corrected chi connectivity index (χ4v) is 5.42. The molecule has 0 radical (unpaired) electrons. The summed E-state index contributed by atoms with van der Waals surface area (Å²) in [6, 6.07) is 23.7. The number of aromatic nitrogens is 4. The van der Waals surface area contributed by atoms with Gasteiger partial charge in [-0.3, -0.25) is 9.36 Å². The third kappa shape index (κ3) is 5.73. The first-order valence-corrected chi connectivity index (χ1v) is 13.5. The normalized spacial score (nSPS) is 10.9. The van der Waals surface area contributed by atoms with E-state index in [9.17, 15) is 4.79 Å². The largest absolute Gasteiger partial charge is 0.497 e. The number of methoxy groups -OCH3 is 1. The lowest BCUT2D eigenvalue weighted by molar-refractivity contribution is 0.102. The van der Waals surface area contributed by atoms with E-state index in [-0.39, 0.29) is 5.91 Å². The average Bonchev–Trinajstić information content (AvgIpc) is 3.57. The first-order valence-electron chi connectivity index (χ1n) is 11.6. The number of nitrogens with zero attached hydrogens (tertiary/aromatic N) is 4. The maximum atomic E-state index is 12.7. The van der Waals surface area contributed by atoms with Gasteiger partial charge in [0.25, 0.3) is 5.91 Å². The minimum absolute atomic E-state index is 0.223. The number of thiazole rings is 1. The molecule has 0 bridgehead atoms. The Hall–Kier alpha value is -3.95. The van der Waals surface area contributed by atoms with Crippen LogP contribution < -0.4 is 10.1 Å². The topological polar surface area (TPSA) is 81.9 Å². The molecule has 0 saturated heterocycles. The van der Waals surface area contributed by atoms with Crippen LogP contribution in [0.25, 0.3) is 17.1 Å². The number of benzene rings is 3. The van der Waals surface area contributed by atoms with Crippen LogP contribution in [-0.4, -0.2) is 32.8 Å². The van der Waals surface area contributed by atoms with Crippen molar-refractivity contribution in [3.8, 4) is 22.8 Å². The molecule has 37 heavy (non-hydrogen) atoms. The van der Waals surface area contributed by atoms with E-state index < -0.39 is 0 Å². The first kappa shape index (κ1) is 24.7. The van der Waals surface area contributed by atoms with Gasteiger partial charge in [0.1, 0.15) is 16.5 Å². The Bertz CT molecular complexity index is 1530. The van der Waals surface area contributed by atoms with E-state index in [2.05, 4.69) is 51.7 Å². The van der Waals surface area contributed by atoms with Crippen molar-refractivity contribution >= 4 is 34.7 Å². The fraction of sp³-hybridized carbons (Fsp3) is 0.143. The summed E-state index contributed by atoms with van der Waals surface area (Å²) in [6.07, 6.45) is 0. The minimum atomic E-state index is -0.223. The molecule has 2 aromatic heterocycles. The van der Waals surface area contributed by atoms with Gasteiger partial charge in [0.15, 0.2) is 11.0 Å². The molecule has 1 amide bonds. The van der Waals surface area contributed by atoms with Gasteiger partial charge in [-0.15, -0.1) is 21.5 Å². The van der Waals surface area contributed by atoms with Gasteiger partial charge >= 0.3 is 0 Å². The van der Waals surface area contributed by atoms with E-state index in [4.69, 9.17) is 4.74 Å². The molecule has 186 valence electrons. The van der Waals surface area contributed by atoms with Crippen molar-refractivity contribution in [2.75, 3.05) is 12.4 Å². The van der Waals surface area contributed by atoms with Crippen LogP contribution >= 0.6 is 23.1 Å². The molecule has 0 aliphatic carbocycles. The maximum Gasteiger partial charge on any atom is 0.275 e. The van der Waals surface area contributed by atoms with Gasteiger partial charge < -0.3 is 10.1 Å². The van der Waals surface area contributed by atoms with Crippen molar-refractivity contribution in [3.63, 3.8) is 0 Å². The second-order valence-electron chi connectivity index (χ2n) is 8.44. The van der Waals surface area contributed by atoms with Gasteiger partial charge in [0.05, 0.1) is 12.9 Å². The highest BCUT2D eigenvalue weighted by Crippen LogP contribution is 2.32. The summed E-state index contributed by atoms with van der Waals surface area (Å²) >= 11 is 2.98. The molecule has 0 aliphatic heterocycles. The van der Waals surface area contributed by atoms with E-state index in [1.54, 1.807) is 12.5 Å². The minimum Gasteiger partial charge on any atom is -0.497 e. The van der Waals surface area contributed by atoms with Crippen LogP contribution in [-0.2, 0) is 5.75 Å². The predicted octanol–water partition coefficient (Wildman–Crippen LogP) is 6.56. The lowest BCUT2D eigenvalue weighted by Crippen LogP contribution is -2.12.